The van der Waals surface area contributed by atoms with Gasteiger partial charge in [0.1, 0.15) is 0 Å². The topological polar surface area (TPSA) is 35.9 Å². The van der Waals surface area contributed by atoms with E-state index >= 15 is 0 Å². The van der Waals surface area contributed by atoms with Gasteiger partial charge in [0.05, 0.1) is 18.3 Å². The van der Waals surface area contributed by atoms with E-state index in [1.807, 2.05) is 12.1 Å². The number of carbonyl (C=O) groups is 1. The van der Waals surface area contributed by atoms with Crippen LogP contribution in [0, 0.1) is 20.8 Å². The summed E-state index contributed by atoms with van der Waals surface area (Å²) < 4.78 is 0. The lowest BCUT2D eigenvalue weighted by molar-refractivity contribution is -0.134. The number of rotatable bonds is 6. The molecule has 4 heteroatoms. The second-order valence-electron chi connectivity index (χ2n) is 7.64. The molecule has 1 atom stereocenters. The Morgan fingerprint density at radius 1 is 1.07 bits per heavy atom. The molecule has 0 N–H and O–H groups in total. The first-order valence-electron chi connectivity index (χ1n) is 10.2. The van der Waals surface area contributed by atoms with Crippen LogP contribution in [0.5, 0.6) is 0 Å². The third-order valence-electron chi connectivity index (χ3n) is 5.67. The summed E-state index contributed by atoms with van der Waals surface area (Å²) in [7, 11) is 0. The lowest BCUT2D eigenvalue weighted by Gasteiger charge is -2.26. The van der Waals surface area contributed by atoms with E-state index in [2.05, 4.69) is 69.9 Å². The number of hydrazone groups is 1. The minimum absolute atomic E-state index is 0.0424. The van der Waals surface area contributed by atoms with Crippen molar-refractivity contribution in [1.82, 2.24) is 9.91 Å². The number of amides is 1. The molecule has 0 fully saturated rings. The zero-order chi connectivity index (χ0) is 20.3. The van der Waals surface area contributed by atoms with Crippen molar-refractivity contribution in [1.29, 1.82) is 0 Å². The van der Waals surface area contributed by atoms with Gasteiger partial charge in [-0.25, -0.2) is 5.01 Å². The molecule has 148 valence electrons. The molecule has 2 aromatic carbocycles. The Balaban J connectivity index is 1.99. The van der Waals surface area contributed by atoms with E-state index < -0.39 is 0 Å². The first-order chi connectivity index (χ1) is 13.4. The molecule has 4 nitrogen and oxygen atoms in total. The lowest BCUT2D eigenvalue weighted by atomic mass is 9.93. The zero-order valence-electron chi connectivity index (χ0n) is 17.7. The summed E-state index contributed by atoms with van der Waals surface area (Å²) in [6.07, 6.45) is 0.749. The number of aryl methyl sites for hydroxylation is 3. The molecule has 0 bridgehead atoms. The number of hydrogen-bond acceptors (Lipinski definition) is 3. The molecule has 1 aliphatic heterocycles. The molecule has 2 aromatic rings. The van der Waals surface area contributed by atoms with Gasteiger partial charge in [0.2, 0.25) is 0 Å². The van der Waals surface area contributed by atoms with Crippen LogP contribution < -0.4 is 0 Å². The van der Waals surface area contributed by atoms with Crippen LogP contribution in [0.3, 0.4) is 0 Å². The van der Waals surface area contributed by atoms with E-state index in [0.717, 1.165) is 30.8 Å². The van der Waals surface area contributed by atoms with Gasteiger partial charge in [-0.15, -0.1) is 0 Å². The molecule has 28 heavy (non-hydrogen) atoms. The summed E-state index contributed by atoms with van der Waals surface area (Å²) in [6, 6.07) is 14.7. The largest absolute Gasteiger partial charge is 0.295 e. The molecule has 1 heterocycles. The molecule has 1 amide bonds. The van der Waals surface area contributed by atoms with Crippen molar-refractivity contribution in [3.8, 4) is 0 Å². The zero-order valence-corrected chi connectivity index (χ0v) is 17.7. The molecule has 1 aliphatic rings. The van der Waals surface area contributed by atoms with E-state index in [4.69, 9.17) is 5.10 Å². The summed E-state index contributed by atoms with van der Waals surface area (Å²) in [6.45, 7) is 12.6. The number of nitrogens with zero attached hydrogens (tertiary/aromatic N) is 3. The van der Waals surface area contributed by atoms with Crippen LogP contribution in [0.1, 0.15) is 54.1 Å². The molecule has 0 aromatic heterocycles. The maximum Gasteiger partial charge on any atom is 0.257 e. The number of likely N-dealkylation sites (N-methyl/N-ethyl adjacent to an activating group) is 1. The molecule has 0 radical (unpaired) electrons. The van der Waals surface area contributed by atoms with Gasteiger partial charge in [-0.3, -0.25) is 9.69 Å². The standard InChI is InChI=1S/C24H31N3O/c1-6-26(7-2)16-24(28)27-23(20-11-9-8-10-18(20)4)15-22(25-27)21-14-17(3)12-13-19(21)5/h8-14,23H,6-7,15-16H2,1-5H3/t23-/m0/s1. The van der Waals surface area contributed by atoms with E-state index in [1.165, 1.54) is 22.3 Å². The maximum atomic E-state index is 13.2. The van der Waals surface area contributed by atoms with Crippen LogP contribution in [0.4, 0.5) is 0 Å². The monoisotopic (exact) mass is 377 g/mol. The molecule has 3 rings (SSSR count). The third kappa shape index (κ3) is 4.17. The SMILES string of the molecule is CCN(CC)CC(=O)N1N=C(c2cc(C)ccc2C)C[C@H]1c1ccccc1C. The summed E-state index contributed by atoms with van der Waals surface area (Å²) >= 11 is 0. The molecular formula is C24H31N3O. The Bertz CT molecular complexity index is 883. The second-order valence-corrected chi connectivity index (χ2v) is 7.64. The fourth-order valence-corrected chi connectivity index (χ4v) is 3.86. The van der Waals surface area contributed by atoms with Gasteiger partial charge >= 0.3 is 0 Å². The van der Waals surface area contributed by atoms with E-state index in [-0.39, 0.29) is 11.9 Å². The van der Waals surface area contributed by atoms with Crippen molar-refractivity contribution in [3.05, 3.63) is 70.3 Å². The highest BCUT2D eigenvalue weighted by molar-refractivity contribution is 6.04. The fourth-order valence-electron chi connectivity index (χ4n) is 3.86. The number of benzene rings is 2. The Morgan fingerprint density at radius 2 is 1.79 bits per heavy atom. The highest BCUT2D eigenvalue weighted by Crippen LogP contribution is 2.35. The van der Waals surface area contributed by atoms with Crippen LogP contribution in [0.2, 0.25) is 0 Å². The molecule has 0 saturated heterocycles. The van der Waals surface area contributed by atoms with Crippen LogP contribution in [0.15, 0.2) is 47.6 Å². The van der Waals surface area contributed by atoms with Gasteiger partial charge in [0.25, 0.3) is 5.91 Å². The summed E-state index contributed by atoms with van der Waals surface area (Å²) in [4.78, 5) is 15.3. The Labute approximate surface area is 168 Å². The van der Waals surface area contributed by atoms with Crippen molar-refractivity contribution in [2.45, 2.75) is 47.1 Å². The van der Waals surface area contributed by atoms with Crippen LogP contribution in [-0.4, -0.2) is 41.2 Å². The predicted molar refractivity (Wildman–Crippen MR) is 116 cm³/mol. The van der Waals surface area contributed by atoms with Crippen molar-refractivity contribution >= 4 is 11.6 Å². The highest BCUT2D eigenvalue weighted by Gasteiger charge is 2.34. The number of carbonyl (C=O) groups excluding carboxylic acids is 1. The molecular weight excluding hydrogens is 346 g/mol. The quantitative estimate of drug-likeness (QED) is 0.736. The Morgan fingerprint density at radius 3 is 2.46 bits per heavy atom. The van der Waals surface area contributed by atoms with Gasteiger partial charge in [-0.1, -0.05) is 55.8 Å². The van der Waals surface area contributed by atoms with Crippen LogP contribution in [0.25, 0.3) is 0 Å². The molecule has 0 unspecified atom stereocenters. The summed E-state index contributed by atoms with van der Waals surface area (Å²) in [5.74, 6) is 0.0669. The van der Waals surface area contributed by atoms with Crippen LogP contribution in [-0.2, 0) is 4.79 Å². The first-order valence-corrected chi connectivity index (χ1v) is 10.2. The third-order valence-corrected chi connectivity index (χ3v) is 5.67. The molecule has 0 aliphatic carbocycles. The predicted octanol–water partition coefficient (Wildman–Crippen LogP) is 4.63. The Hall–Kier alpha value is -2.46. The van der Waals surface area contributed by atoms with E-state index in [0.29, 0.717) is 6.54 Å². The van der Waals surface area contributed by atoms with Gasteiger partial charge in [-0.05, 0) is 56.6 Å². The van der Waals surface area contributed by atoms with E-state index in [9.17, 15) is 4.79 Å². The van der Waals surface area contributed by atoms with E-state index in [1.54, 1.807) is 5.01 Å². The summed E-state index contributed by atoms with van der Waals surface area (Å²) in [5.41, 5.74) is 6.94. The average Bonchev–Trinajstić information content (AvgIpc) is 3.13. The van der Waals surface area contributed by atoms with Crippen molar-refractivity contribution in [3.63, 3.8) is 0 Å². The van der Waals surface area contributed by atoms with Crippen molar-refractivity contribution in [2.75, 3.05) is 19.6 Å². The lowest BCUT2D eigenvalue weighted by Crippen LogP contribution is -2.38. The Kier molecular flexibility index (Phi) is 6.30. The average molecular weight is 378 g/mol. The molecule has 0 spiro atoms. The molecule has 0 saturated carbocycles. The second kappa shape index (κ2) is 8.70. The first kappa shape index (κ1) is 20.3. The van der Waals surface area contributed by atoms with Gasteiger partial charge in [-0.2, -0.15) is 5.10 Å². The normalized spacial score (nSPS) is 16.6. The van der Waals surface area contributed by atoms with Crippen LogP contribution >= 0.6 is 0 Å². The maximum absolute atomic E-state index is 13.2. The fraction of sp³-hybridized carbons (Fsp3) is 0.417. The van der Waals surface area contributed by atoms with Crippen molar-refractivity contribution in [2.24, 2.45) is 5.10 Å². The highest BCUT2D eigenvalue weighted by atomic mass is 16.2. The minimum Gasteiger partial charge on any atom is -0.295 e. The smallest absolute Gasteiger partial charge is 0.257 e. The van der Waals surface area contributed by atoms with Gasteiger partial charge < -0.3 is 0 Å². The summed E-state index contributed by atoms with van der Waals surface area (Å²) in [5, 5.41) is 6.59. The minimum atomic E-state index is -0.0424. The van der Waals surface area contributed by atoms with Crippen molar-refractivity contribution < 1.29 is 4.79 Å². The van der Waals surface area contributed by atoms with Gasteiger partial charge in [0, 0.05) is 12.0 Å². The van der Waals surface area contributed by atoms with Gasteiger partial charge in [0.15, 0.2) is 0 Å². The number of hydrogen-bond donors (Lipinski definition) is 0.